The summed E-state index contributed by atoms with van der Waals surface area (Å²) in [4.78, 5) is 8.85. The first kappa shape index (κ1) is 15.6. The Hall–Kier alpha value is -2.34. The predicted molar refractivity (Wildman–Crippen MR) is 97.7 cm³/mol. The highest BCUT2D eigenvalue weighted by atomic mass is 79.9. The molecule has 1 aromatic carbocycles. The number of nitrogens with one attached hydrogen (secondary N) is 1. The molecular formula is C17H18BrN5. The van der Waals surface area contributed by atoms with Gasteiger partial charge in [0, 0.05) is 22.6 Å². The number of nitrogens with two attached hydrogens (primary N) is 1. The Kier molecular flexibility index (Phi) is 4.62. The largest absolute Gasteiger partial charge is 0.370 e. The van der Waals surface area contributed by atoms with Crippen LogP contribution in [0.3, 0.4) is 0 Å². The summed E-state index contributed by atoms with van der Waals surface area (Å²) in [5.41, 5.74) is 9.92. The van der Waals surface area contributed by atoms with Crippen LogP contribution in [0.4, 0.5) is 5.69 Å². The molecule has 0 amide bonds. The molecule has 6 heteroatoms. The highest BCUT2D eigenvalue weighted by Gasteiger charge is 2.02. The molecule has 0 bridgehead atoms. The predicted octanol–water partition coefficient (Wildman–Crippen LogP) is 3.59. The standard InChI is InChI=1S/C17H18BrN5/c1-2-12-3-6-14(7-4-12)22-17(19)20-9-15-11-23-10-13(18)5-8-16(23)21-15/h3-8,10-11H,2,9H2,1H3,(H3,19,20,22). The van der Waals surface area contributed by atoms with Gasteiger partial charge in [-0.25, -0.2) is 9.98 Å². The fourth-order valence-corrected chi connectivity index (χ4v) is 2.62. The van der Waals surface area contributed by atoms with E-state index in [4.69, 9.17) is 5.73 Å². The monoisotopic (exact) mass is 371 g/mol. The highest BCUT2D eigenvalue weighted by Crippen LogP contribution is 2.13. The number of imidazole rings is 1. The molecule has 0 aliphatic heterocycles. The first-order valence-corrected chi connectivity index (χ1v) is 8.22. The van der Waals surface area contributed by atoms with Gasteiger partial charge in [-0.2, -0.15) is 0 Å². The number of anilines is 1. The first-order chi connectivity index (χ1) is 11.1. The summed E-state index contributed by atoms with van der Waals surface area (Å²) in [6.07, 6.45) is 4.94. The number of guanidine groups is 1. The number of aromatic nitrogens is 2. The van der Waals surface area contributed by atoms with Gasteiger partial charge < -0.3 is 15.5 Å². The molecule has 0 aliphatic carbocycles. The van der Waals surface area contributed by atoms with Crippen LogP contribution in [0.25, 0.3) is 5.65 Å². The van der Waals surface area contributed by atoms with Gasteiger partial charge in [0.15, 0.2) is 5.96 Å². The van der Waals surface area contributed by atoms with Crippen molar-refractivity contribution in [3.63, 3.8) is 0 Å². The SMILES string of the molecule is CCc1ccc(NC(N)=NCc2cn3cc(Br)ccc3n2)cc1. The maximum atomic E-state index is 5.94. The summed E-state index contributed by atoms with van der Waals surface area (Å²) in [5.74, 6) is 0.382. The van der Waals surface area contributed by atoms with Crippen LogP contribution >= 0.6 is 15.9 Å². The molecule has 2 heterocycles. The van der Waals surface area contributed by atoms with Gasteiger partial charge in [0.2, 0.25) is 0 Å². The Bertz CT molecular complexity index is 836. The lowest BCUT2D eigenvalue weighted by Gasteiger charge is -2.05. The van der Waals surface area contributed by atoms with Crippen molar-refractivity contribution in [3.05, 3.63) is 64.5 Å². The maximum Gasteiger partial charge on any atom is 0.193 e. The maximum absolute atomic E-state index is 5.94. The summed E-state index contributed by atoms with van der Waals surface area (Å²) in [7, 11) is 0. The topological polar surface area (TPSA) is 67.7 Å². The van der Waals surface area contributed by atoms with Crippen LogP contribution in [0.1, 0.15) is 18.2 Å². The molecule has 3 N–H and O–H groups in total. The minimum absolute atomic E-state index is 0.382. The van der Waals surface area contributed by atoms with Gasteiger partial charge in [0.25, 0.3) is 0 Å². The normalized spacial score (nSPS) is 11.8. The molecule has 0 unspecified atom stereocenters. The third kappa shape index (κ3) is 3.90. The third-order valence-corrected chi connectivity index (χ3v) is 3.98. The highest BCUT2D eigenvalue weighted by molar-refractivity contribution is 9.10. The number of hydrogen-bond acceptors (Lipinski definition) is 2. The van der Waals surface area contributed by atoms with E-state index in [9.17, 15) is 0 Å². The molecule has 23 heavy (non-hydrogen) atoms. The first-order valence-electron chi connectivity index (χ1n) is 7.43. The van der Waals surface area contributed by atoms with Gasteiger partial charge in [-0.05, 0) is 52.2 Å². The average molecular weight is 372 g/mol. The van der Waals surface area contributed by atoms with Crippen molar-refractivity contribution in [3.8, 4) is 0 Å². The molecule has 2 aromatic heterocycles. The van der Waals surface area contributed by atoms with Crippen LogP contribution in [0.15, 0.2) is 58.3 Å². The number of hydrogen-bond donors (Lipinski definition) is 2. The minimum atomic E-state index is 0.382. The molecule has 0 aliphatic rings. The van der Waals surface area contributed by atoms with Crippen molar-refractivity contribution < 1.29 is 0 Å². The second-order valence-corrected chi connectivity index (χ2v) is 6.14. The molecular weight excluding hydrogens is 354 g/mol. The van der Waals surface area contributed by atoms with E-state index >= 15 is 0 Å². The molecule has 3 aromatic rings. The van der Waals surface area contributed by atoms with Gasteiger partial charge in [-0.1, -0.05) is 19.1 Å². The quantitative estimate of drug-likeness (QED) is 0.543. The molecule has 0 saturated heterocycles. The molecule has 0 saturated carbocycles. The molecule has 0 spiro atoms. The van der Waals surface area contributed by atoms with Gasteiger partial charge >= 0.3 is 0 Å². The van der Waals surface area contributed by atoms with E-state index in [2.05, 4.69) is 50.3 Å². The summed E-state index contributed by atoms with van der Waals surface area (Å²) < 4.78 is 2.97. The minimum Gasteiger partial charge on any atom is -0.370 e. The van der Waals surface area contributed by atoms with Crippen LogP contribution in [0.5, 0.6) is 0 Å². The lowest BCUT2D eigenvalue weighted by atomic mass is 10.1. The Balaban J connectivity index is 1.67. The zero-order valence-electron chi connectivity index (χ0n) is 12.8. The number of nitrogens with zero attached hydrogens (tertiary/aromatic N) is 3. The Morgan fingerprint density at radius 3 is 2.74 bits per heavy atom. The van der Waals surface area contributed by atoms with Crippen molar-refractivity contribution in [2.45, 2.75) is 19.9 Å². The zero-order valence-corrected chi connectivity index (χ0v) is 14.4. The molecule has 3 rings (SSSR count). The van der Waals surface area contributed by atoms with Gasteiger partial charge in [-0.3, -0.25) is 0 Å². The number of rotatable bonds is 4. The molecule has 0 atom stereocenters. The fraction of sp³-hybridized carbons (Fsp3) is 0.176. The van der Waals surface area contributed by atoms with E-state index in [-0.39, 0.29) is 0 Å². The van der Waals surface area contributed by atoms with E-state index < -0.39 is 0 Å². The number of aliphatic imine (C=N–C) groups is 1. The summed E-state index contributed by atoms with van der Waals surface area (Å²) in [5, 5.41) is 3.09. The average Bonchev–Trinajstić information content (AvgIpc) is 2.95. The number of pyridine rings is 1. The van der Waals surface area contributed by atoms with E-state index in [0.717, 1.165) is 27.9 Å². The lowest BCUT2D eigenvalue weighted by molar-refractivity contribution is 1.01. The second kappa shape index (κ2) is 6.83. The Morgan fingerprint density at radius 1 is 1.22 bits per heavy atom. The van der Waals surface area contributed by atoms with Crippen LogP contribution in [-0.4, -0.2) is 15.3 Å². The number of benzene rings is 1. The van der Waals surface area contributed by atoms with Crippen molar-refractivity contribution >= 4 is 33.2 Å². The number of halogens is 1. The van der Waals surface area contributed by atoms with E-state index in [1.165, 1.54) is 5.56 Å². The summed E-state index contributed by atoms with van der Waals surface area (Å²) in [6, 6.07) is 12.1. The van der Waals surface area contributed by atoms with Crippen molar-refractivity contribution in [2.24, 2.45) is 10.7 Å². The van der Waals surface area contributed by atoms with Gasteiger partial charge in [0.05, 0.1) is 12.2 Å². The fourth-order valence-electron chi connectivity index (χ4n) is 2.27. The van der Waals surface area contributed by atoms with Crippen molar-refractivity contribution in [1.29, 1.82) is 0 Å². The Morgan fingerprint density at radius 2 is 2.00 bits per heavy atom. The van der Waals surface area contributed by atoms with Gasteiger partial charge in [-0.15, -0.1) is 0 Å². The van der Waals surface area contributed by atoms with Crippen LogP contribution in [0.2, 0.25) is 0 Å². The molecule has 0 radical (unpaired) electrons. The molecule has 118 valence electrons. The summed E-state index contributed by atoms with van der Waals surface area (Å²) in [6.45, 7) is 2.57. The van der Waals surface area contributed by atoms with E-state index in [1.807, 2.05) is 41.1 Å². The third-order valence-electron chi connectivity index (χ3n) is 3.51. The van der Waals surface area contributed by atoms with Crippen molar-refractivity contribution in [2.75, 3.05) is 5.32 Å². The lowest BCUT2D eigenvalue weighted by Crippen LogP contribution is -2.22. The van der Waals surface area contributed by atoms with Crippen LogP contribution in [0, 0.1) is 0 Å². The number of fused-ring (bicyclic) bond motifs is 1. The smallest absolute Gasteiger partial charge is 0.193 e. The number of aryl methyl sites for hydroxylation is 1. The molecule has 5 nitrogen and oxygen atoms in total. The van der Waals surface area contributed by atoms with Gasteiger partial charge in [0.1, 0.15) is 5.65 Å². The van der Waals surface area contributed by atoms with Crippen LogP contribution in [-0.2, 0) is 13.0 Å². The Labute approximate surface area is 143 Å². The van der Waals surface area contributed by atoms with E-state index in [1.54, 1.807) is 0 Å². The molecule has 0 fully saturated rings. The second-order valence-electron chi connectivity index (χ2n) is 5.22. The summed E-state index contributed by atoms with van der Waals surface area (Å²) >= 11 is 3.44. The zero-order chi connectivity index (χ0) is 16.2. The van der Waals surface area contributed by atoms with Crippen molar-refractivity contribution in [1.82, 2.24) is 9.38 Å². The van der Waals surface area contributed by atoms with E-state index in [0.29, 0.717) is 12.5 Å². The van der Waals surface area contributed by atoms with Crippen LogP contribution < -0.4 is 11.1 Å².